The molecular formula is C21H25N3O3. The molecule has 27 heavy (non-hydrogen) atoms. The Morgan fingerprint density at radius 1 is 1.07 bits per heavy atom. The van der Waals surface area contributed by atoms with Crippen LogP contribution in [-0.2, 0) is 11.3 Å². The number of nitrogens with zero attached hydrogens (tertiary/aromatic N) is 2. The molecule has 2 amide bonds. The first-order chi connectivity index (χ1) is 12.8. The first kappa shape index (κ1) is 18.9. The van der Waals surface area contributed by atoms with Crippen LogP contribution in [0.3, 0.4) is 0 Å². The molecule has 0 spiro atoms. The highest BCUT2D eigenvalue weighted by Gasteiger charge is 2.29. The number of pyridine rings is 1. The summed E-state index contributed by atoms with van der Waals surface area (Å²) in [5.41, 5.74) is 2.71. The van der Waals surface area contributed by atoms with Crippen LogP contribution in [0.5, 0.6) is 0 Å². The van der Waals surface area contributed by atoms with Crippen LogP contribution in [0.15, 0.2) is 41.2 Å². The monoisotopic (exact) mass is 367 g/mol. The number of aromatic amines is 1. The van der Waals surface area contributed by atoms with Crippen LogP contribution in [-0.4, -0.2) is 46.2 Å². The van der Waals surface area contributed by atoms with E-state index in [0.717, 1.165) is 11.3 Å². The van der Waals surface area contributed by atoms with Crippen LogP contribution in [0.2, 0.25) is 0 Å². The number of H-pyrrole nitrogens is 1. The van der Waals surface area contributed by atoms with Crippen molar-refractivity contribution in [1.82, 2.24) is 14.8 Å². The lowest BCUT2D eigenvalue weighted by Gasteiger charge is -2.34. The van der Waals surface area contributed by atoms with Gasteiger partial charge in [-0.05, 0) is 30.5 Å². The van der Waals surface area contributed by atoms with Crippen LogP contribution in [0.25, 0.3) is 0 Å². The van der Waals surface area contributed by atoms with Crippen molar-refractivity contribution in [2.45, 2.75) is 33.2 Å². The molecule has 3 rings (SSSR count). The summed E-state index contributed by atoms with van der Waals surface area (Å²) in [6, 6.07) is 11.4. The molecule has 1 fully saturated rings. The molecule has 1 aromatic heterocycles. The number of nitrogens with one attached hydrogen (secondary N) is 1. The number of amides is 2. The third kappa shape index (κ3) is 4.27. The molecule has 6 heteroatoms. The van der Waals surface area contributed by atoms with Crippen LogP contribution >= 0.6 is 0 Å². The van der Waals surface area contributed by atoms with E-state index in [1.807, 2.05) is 45.0 Å². The van der Waals surface area contributed by atoms with Gasteiger partial charge in [0.1, 0.15) is 12.1 Å². The topological polar surface area (TPSA) is 73.5 Å². The molecule has 1 aliphatic rings. The van der Waals surface area contributed by atoms with Crippen LogP contribution in [0, 0.1) is 6.92 Å². The number of aryl methyl sites for hydroxylation is 1. The first-order valence-electron chi connectivity index (χ1n) is 9.21. The summed E-state index contributed by atoms with van der Waals surface area (Å²) < 4.78 is 0. The van der Waals surface area contributed by atoms with Crippen molar-refractivity contribution < 1.29 is 9.59 Å². The van der Waals surface area contributed by atoms with E-state index < -0.39 is 11.5 Å². The standard InChI is InChI=1S/C21H25N3O3/c1-14(2)18-9-8-17(20(26)22-18)21(27)24-11-10-23(19(25)13-24)12-16-6-4-15(3)5-7-16/h4-9,14H,10-13H2,1-3H3,(H,22,26). The van der Waals surface area contributed by atoms with Gasteiger partial charge in [-0.25, -0.2) is 0 Å². The predicted octanol–water partition coefficient (Wildman–Crippen LogP) is 2.29. The van der Waals surface area contributed by atoms with Crippen LogP contribution in [0.1, 0.15) is 46.9 Å². The minimum atomic E-state index is -0.402. The van der Waals surface area contributed by atoms with E-state index >= 15 is 0 Å². The number of carbonyl (C=O) groups is 2. The van der Waals surface area contributed by atoms with Gasteiger partial charge in [-0.3, -0.25) is 14.4 Å². The highest BCUT2D eigenvalue weighted by molar-refractivity contribution is 5.96. The minimum absolute atomic E-state index is 0.00390. The van der Waals surface area contributed by atoms with E-state index in [4.69, 9.17) is 0 Å². The molecule has 142 valence electrons. The maximum atomic E-state index is 12.7. The summed E-state index contributed by atoms with van der Waals surface area (Å²) >= 11 is 0. The lowest BCUT2D eigenvalue weighted by molar-refractivity contribution is -0.135. The number of hydrogen-bond acceptors (Lipinski definition) is 3. The molecule has 1 N–H and O–H groups in total. The van der Waals surface area contributed by atoms with Gasteiger partial charge >= 0.3 is 0 Å². The van der Waals surface area contributed by atoms with E-state index in [1.165, 1.54) is 10.5 Å². The molecule has 0 aliphatic carbocycles. The molecule has 1 aliphatic heterocycles. The highest BCUT2D eigenvalue weighted by atomic mass is 16.2. The van der Waals surface area contributed by atoms with Gasteiger partial charge in [-0.15, -0.1) is 0 Å². The second-order valence-electron chi connectivity index (χ2n) is 7.34. The van der Waals surface area contributed by atoms with Crippen molar-refractivity contribution in [2.24, 2.45) is 0 Å². The number of benzene rings is 1. The van der Waals surface area contributed by atoms with Crippen molar-refractivity contribution in [3.63, 3.8) is 0 Å². The van der Waals surface area contributed by atoms with Gasteiger partial charge < -0.3 is 14.8 Å². The van der Waals surface area contributed by atoms with Gasteiger partial charge in [-0.1, -0.05) is 43.7 Å². The van der Waals surface area contributed by atoms with Gasteiger partial charge in [0, 0.05) is 25.3 Å². The second kappa shape index (κ2) is 7.78. The van der Waals surface area contributed by atoms with Gasteiger partial charge in [0.25, 0.3) is 11.5 Å². The summed E-state index contributed by atoms with van der Waals surface area (Å²) in [5, 5.41) is 0. The Morgan fingerprint density at radius 2 is 1.78 bits per heavy atom. The predicted molar refractivity (Wildman–Crippen MR) is 104 cm³/mol. The van der Waals surface area contributed by atoms with Gasteiger partial charge in [0.15, 0.2) is 0 Å². The largest absolute Gasteiger partial charge is 0.335 e. The van der Waals surface area contributed by atoms with Gasteiger partial charge in [0.05, 0.1) is 0 Å². The maximum Gasteiger partial charge on any atom is 0.261 e. The van der Waals surface area contributed by atoms with Crippen molar-refractivity contribution >= 4 is 11.8 Å². The average molecular weight is 367 g/mol. The Bertz CT molecular complexity index is 900. The summed E-state index contributed by atoms with van der Waals surface area (Å²) in [7, 11) is 0. The number of aromatic nitrogens is 1. The summed E-state index contributed by atoms with van der Waals surface area (Å²) in [5.74, 6) is -0.325. The Labute approximate surface area is 158 Å². The highest BCUT2D eigenvalue weighted by Crippen LogP contribution is 2.14. The first-order valence-corrected chi connectivity index (χ1v) is 9.21. The zero-order valence-corrected chi connectivity index (χ0v) is 16.0. The molecule has 1 aromatic carbocycles. The lowest BCUT2D eigenvalue weighted by atomic mass is 10.1. The Hall–Kier alpha value is -2.89. The second-order valence-corrected chi connectivity index (χ2v) is 7.34. The molecule has 0 bridgehead atoms. The number of hydrogen-bond donors (Lipinski definition) is 1. The quantitative estimate of drug-likeness (QED) is 0.901. The molecule has 6 nitrogen and oxygen atoms in total. The number of piperazine rings is 1. The Balaban J connectivity index is 1.67. The molecule has 0 saturated carbocycles. The normalized spacial score (nSPS) is 14.7. The lowest BCUT2D eigenvalue weighted by Crippen LogP contribution is -2.52. The zero-order chi connectivity index (χ0) is 19.6. The summed E-state index contributed by atoms with van der Waals surface area (Å²) in [6.45, 7) is 7.37. The SMILES string of the molecule is Cc1ccc(CN2CCN(C(=O)c3ccc(C(C)C)[nH]c3=O)CC2=O)cc1. The molecule has 0 atom stereocenters. The average Bonchev–Trinajstić information content (AvgIpc) is 2.64. The van der Waals surface area contributed by atoms with Crippen molar-refractivity contribution in [3.05, 3.63) is 69.1 Å². The van der Waals surface area contributed by atoms with E-state index in [-0.39, 0.29) is 23.9 Å². The molecule has 1 saturated heterocycles. The fourth-order valence-electron chi connectivity index (χ4n) is 3.13. The zero-order valence-electron chi connectivity index (χ0n) is 16.0. The molecule has 2 aromatic rings. The minimum Gasteiger partial charge on any atom is -0.335 e. The van der Waals surface area contributed by atoms with Gasteiger partial charge in [0.2, 0.25) is 5.91 Å². The summed E-state index contributed by atoms with van der Waals surface area (Å²) in [4.78, 5) is 43.4. The van der Waals surface area contributed by atoms with Gasteiger partial charge in [-0.2, -0.15) is 0 Å². The molecular weight excluding hydrogens is 342 g/mol. The van der Waals surface area contributed by atoms with Crippen molar-refractivity contribution in [2.75, 3.05) is 19.6 Å². The molecule has 2 heterocycles. The van der Waals surface area contributed by atoms with Crippen molar-refractivity contribution in [3.8, 4) is 0 Å². The van der Waals surface area contributed by atoms with E-state index in [2.05, 4.69) is 4.98 Å². The van der Waals surface area contributed by atoms with Crippen LogP contribution in [0.4, 0.5) is 0 Å². The van der Waals surface area contributed by atoms with E-state index in [1.54, 1.807) is 17.0 Å². The van der Waals surface area contributed by atoms with Crippen LogP contribution < -0.4 is 5.56 Å². The molecule has 0 unspecified atom stereocenters. The number of carbonyl (C=O) groups excluding carboxylic acids is 2. The molecule has 0 radical (unpaired) electrons. The van der Waals surface area contributed by atoms with Crippen molar-refractivity contribution in [1.29, 1.82) is 0 Å². The third-order valence-corrected chi connectivity index (χ3v) is 4.88. The maximum absolute atomic E-state index is 12.7. The van der Waals surface area contributed by atoms with E-state index in [0.29, 0.717) is 19.6 Å². The Morgan fingerprint density at radius 3 is 2.37 bits per heavy atom. The smallest absolute Gasteiger partial charge is 0.261 e. The third-order valence-electron chi connectivity index (χ3n) is 4.88. The Kier molecular flexibility index (Phi) is 5.44. The van der Waals surface area contributed by atoms with E-state index in [9.17, 15) is 14.4 Å². The summed E-state index contributed by atoms with van der Waals surface area (Å²) in [6.07, 6.45) is 0. The fraction of sp³-hybridized carbons (Fsp3) is 0.381. The fourth-order valence-corrected chi connectivity index (χ4v) is 3.13. The number of rotatable bonds is 4.